The molecule has 0 saturated heterocycles. The second-order valence-electron chi connectivity index (χ2n) is 7.26. The zero-order valence-corrected chi connectivity index (χ0v) is 18.2. The summed E-state index contributed by atoms with van der Waals surface area (Å²) >= 11 is 1.26. The minimum atomic E-state index is -0.740. The number of ether oxygens (including phenoxy) is 1. The van der Waals surface area contributed by atoms with Crippen molar-refractivity contribution < 1.29 is 13.9 Å². The van der Waals surface area contributed by atoms with Gasteiger partial charge in [-0.1, -0.05) is 53.3 Å². The van der Waals surface area contributed by atoms with Gasteiger partial charge < -0.3 is 4.74 Å². The highest BCUT2D eigenvalue weighted by Gasteiger charge is 2.33. The fraction of sp³-hybridized carbons (Fsp3) is 0.208. The highest BCUT2D eigenvalue weighted by atomic mass is 32.1. The first-order valence-electron chi connectivity index (χ1n) is 9.91. The van der Waals surface area contributed by atoms with Crippen LogP contribution in [0.25, 0.3) is 6.08 Å². The van der Waals surface area contributed by atoms with Crippen LogP contribution in [-0.4, -0.2) is 17.1 Å². The summed E-state index contributed by atoms with van der Waals surface area (Å²) in [6, 6.07) is 12.9. The van der Waals surface area contributed by atoms with E-state index in [1.165, 1.54) is 28.0 Å². The number of nitrogens with zero attached hydrogens (tertiary/aromatic N) is 2. The quantitative estimate of drug-likeness (QED) is 0.590. The topological polar surface area (TPSA) is 60.7 Å². The van der Waals surface area contributed by atoms with Gasteiger partial charge in [0.05, 0.1) is 28.5 Å². The molecule has 3 aromatic rings. The predicted octanol–water partition coefficient (Wildman–Crippen LogP) is 3.25. The van der Waals surface area contributed by atoms with E-state index < -0.39 is 17.8 Å². The molecular weight excluding hydrogens is 415 g/mol. The Morgan fingerprint density at radius 2 is 1.84 bits per heavy atom. The van der Waals surface area contributed by atoms with Gasteiger partial charge in [0, 0.05) is 0 Å². The molecule has 158 valence electrons. The summed E-state index contributed by atoms with van der Waals surface area (Å²) in [5, 5.41) is 0. The fourth-order valence-electron chi connectivity index (χ4n) is 3.57. The Labute approximate surface area is 182 Å². The molecule has 0 N–H and O–H groups in total. The number of carbonyl (C=O) groups is 1. The number of carbonyl (C=O) groups excluding carboxylic acids is 1. The van der Waals surface area contributed by atoms with Gasteiger partial charge in [0.1, 0.15) is 5.82 Å². The van der Waals surface area contributed by atoms with Crippen molar-refractivity contribution in [2.45, 2.75) is 26.8 Å². The molecule has 0 aliphatic carbocycles. The lowest BCUT2D eigenvalue weighted by atomic mass is 9.96. The van der Waals surface area contributed by atoms with Gasteiger partial charge in [0.25, 0.3) is 5.56 Å². The fourth-order valence-corrected chi connectivity index (χ4v) is 4.61. The number of hydrogen-bond donors (Lipinski definition) is 0. The molecule has 2 aromatic carbocycles. The van der Waals surface area contributed by atoms with Gasteiger partial charge in [-0.15, -0.1) is 0 Å². The molecule has 1 unspecified atom stereocenters. The lowest BCUT2D eigenvalue weighted by molar-refractivity contribution is -0.139. The van der Waals surface area contributed by atoms with E-state index in [1.54, 1.807) is 26.0 Å². The van der Waals surface area contributed by atoms with Gasteiger partial charge in [-0.05, 0) is 50.1 Å². The molecular formula is C24H21FN2O3S. The largest absolute Gasteiger partial charge is 0.463 e. The van der Waals surface area contributed by atoms with Gasteiger partial charge in [-0.25, -0.2) is 14.2 Å². The molecule has 1 aliphatic rings. The van der Waals surface area contributed by atoms with Gasteiger partial charge in [-0.2, -0.15) is 0 Å². The van der Waals surface area contributed by atoms with Gasteiger partial charge >= 0.3 is 5.97 Å². The number of aryl methyl sites for hydroxylation is 1. The smallest absolute Gasteiger partial charge is 0.338 e. The molecule has 31 heavy (non-hydrogen) atoms. The van der Waals surface area contributed by atoms with Crippen LogP contribution < -0.4 is 14.9 Å². The zero-order chi connectivity index (χ0) is 22.1. The molecule has 7 heteroatoms. The SMILES string of the molecule is CCOC(=O)C1=C(C)N=c2sc(=Cc3ccc(C)cc3)c(=O)n2C1c1ccc(F)cc1. The molecule has 1 aliphatic heterocycles. The number of rotatable bonds is 4. The maximum atomic E-state index is 13.6. The highest BCUT2D eigenvalue weighted by Crippen LogP contribution is 2.30. The third kappa shape index (κ3) is 4.01. The maximum Gasteiger partial charge on any atom is 0.338 e. The Morgan fingerprint density at radius 1 is 1.16 bits per heavy atom. The van der Waals surface area contributed by atoms with E-state index in [1.807, 2.05) is 37.3 Å². The summed E-state index contributed by atoms with van der Waals surface area (Å²) < 4.78 is 20.8. The molecule has 0 amide bonds. The summed E-state index contributed by atoms with van der Waals surface area (Å²) in [7, 11) is 0. The minimum Gasteiger partial charge on any atom is -0.463 e. The first kappa shape index (κ1) is 20.9. The van der Waals surface area contributed by atoms with E-state index in [9.17, 15) is 14.0 Å². The average molecular weight is 437 g/mol. The van der Waals surface area contributed by atoms with Gasteiger partial charge in [-0.3, -0.25) is 9.36 Å². The van der Waals surface area contributed by atoms with Crippen molar-refractivity contribution in [3.05, 3.63) is 102 Å². The second kappa shape index (κ2) is 8.43. The monoisotopic (exact) mass is 436 g/mol. The minimum absolute atomic E-state index is 0.198. The average Bonchev–Trinajstić information content (AvgIpc) is 3.04. The van der Waals surface area contributed by atoms with Crippen molar-refractivity contribution in [2.75, 3.05) is 6.61 Å². The van der Waals surface area contributed by atoms with Crippen LogP contribution in [0.1, 0.15) is 36.6 Å². The Bertz CT molecular complexity index is 1350. The standard InChI is InChI=1S/C24H21FN2O3S/c1-4-30-23(29)20-15(3)26-24-27(21(20)17-9-11-18(25)12-10-17)22(28)19(31-24)13-16-7-5-14(2)6-8-16/h5-13,21H,4H2,1-3H3. The highest BCUT2D eigenvalue weighted by molar-refractivity contribution is 7.07. The van der Waals surface area contributed by atoms with E-state index in [4.69, 9.17) is 4.74 Å². The van der Waals surface area contributed by atoms with E-state index in [0.717, 1.165) is 11.1 Å². The molecule has 0 fully saturated rings. The maximum absolute atomic E-state index is 13.6. The van der Waals surface area contributed by atoms with Crippen LogP contribution in [0.2, 0.25) is 0 Å². The molecule has 0 saturated carbocycles. The Kier molecular flexibility index (Phi) is 5.69. The van der Waals surface area contributed by atoms with Crippen molar-refractivity contribution in [3.63, 3.8) is 0 Å². The van der Waals surface area contributed by atoms with Crippen molar-refractivity contribution in [2.24, 2.45) is 4.99 Å². The van der Waals surface area contributed by atoms with E-state index >= 15 is 0 Å². The summed E-state index contributed by atoms with van der Waals surface area (Å²) in [5.41, 5.74) is 3.15. The molecule has 0 spiro atoms. The van der Waals surface area contributed by atoms with Gasteiger partial charge in [0.15, 0.2) is 4.80 Å². The summed E-state index contributed by atoms with van der Waals surface area (Å²) in [6.07, 6.45) is 1.81. The van der Waals surface area contributed by atoms with Crippen LogP contribution in [0.5, 0.6) is 0 Å². The van der Waals surface area contributed by atoms with E-state index in [2.05, 4.69) is 4.99 Å². The number of thiazole rings is 1. The second-order valence-corrected chi connectivity index (χ2v) is 8.27. The zero-order valence-electron chi connectivity index (χ0n) is 17.4. The molecule has 2 heterocycles. The molecule has 0 bridgehead atoms. The van der Waals surface area contributed by atoms with Crippen LogP contribution in [0, 0.1) is 12.7 Å². The van der Waals surface area contributed by atoms with Crippen molar-refractivity contribution >= 4 is 23.4 Å². The van der Waals surface area contributed by atoms with Crippen LogP contribution in [-0.2, 0) is 9.53 Å². The first-order valence-corrected chi connectivity index (χ1v) is 10.7. The lowest BCUT2D eigenvalue weighted by Crippen LogP contribution is -2.39. The first-order chi connectivity index (χ1) is 14.9. The number of allylic oxidation sites excluding steroid dienone is 1. The number of fused-ring (bicyclic) bond motifs is 1. The number of hydrogen-bond acceptors (Lipinski definition) is 5. The van der Waals surface area contributed by atoms with E-state index in [0.29, 0.717) is 20.6 Å². The number of halogens is 1. The van der Waals surface area contributed by atoms with Crippen LogP contribution in [0.3, 0.4) is 0 Å². The number of benzene rings is 2. The molecule has 4 rings (SSSR count). The van der Waals surface area contributed by atoms with Crippen LogP contribution in [0.15, 0.2) is 69.6 Å². The van der Waals surface area contributed by atoms with Crippen LogP contribution >= 0.6 is 11.3 Å². The molecule has 5 nitrogen and oxygen atoms in total. The molecule has 0 radical (unpaired) electrons. The summed E-state index contributed by atoms with van der Waals surface area (Å²) in [4.78, 5) is 31.2. The van der Waals surface area contributed by atoms with Crippen molar-refractivity contribution in [3.8, 4) is 0 Å². The number of esters is 1. The Hall–Kier alpha value is -3.32. The van der Waals surface area contributed by atoms with Crippen molar-refractivity contribution in [1.29, 1.82) is 0 Å². The summed E-state index contributed by atoms with van der Waals surface area (Å²) in [5.74, 6) is -0.931. The van der Waals surface area contributed by atoms with Crippen molar-refractivity contribution in [1.82, 2.24) is 4.57 Å². The normalized spacial score (nSPS) is 16.1. The third-order valence-corrected chi connectivity index (χ3v) is 6.06. The van der Waals surface area contributed by atoms with Crippen LogP contribution in [0.4, 0.5) is 4.39 Å². The summed E-state index contributed by atoms with van der Waals surface area (Å²) in [6.45, 7) is 5.64. The predicted molar refractivity (Wildman–Crippen MR) is 118 cm³/mol. The third-order valence-electron chi connectivity index (χ3n) is 5.08. The van der Waals surface area contributed by atoms with Gasteiger partial charge in [0.2, 0.25) is 0 Å². The van der Waals surface area contributed by atoms with E-state index in [-0.39, 0.29) is 17.7 Å². The Morgan fingerprint density at radius 3 is 2.48 bits per heavy atom. The Balaban J connectivity index is 1.94. The number of aromatic nitrogens is 1. The lowest BCUT2D eigenvalue weighted by Gasteiger charge is -2.24. The molecule has 1 aromatic heterocycles. The molecule has 1 atom stereocenters.